The predicted molar refractivity (Wildman–Crippen MR) is 64.1 cm³/mol. The van der Waals surface area contributed by atoms with Crippen LogP contribution in [0.25, 0.3) is 0 Å². The van der Waals surface area contributed by atoms with E-state index in [9.17, 15) is 4.79 Å². The van der Waals surface area contributed by atoms with Crippen LogP contribution in [0.4, 0.5) is 0 Å². The Hall–Kier alpha value is -0.610. The molecular formula is C12H25NO3. The average molecular weight is 231 g/mol. The Balaban J connectivity index is 4.27. The smallest absolute Gasteiger partial charge is 0.223 e. The molecule has 0 aliphatic rings. The van der Waals surface area contributed by atoms with Gasteiger partial charge in [-0.2, -0.15) is 0 Å². The summed E-state index contributed by atoms with van der Waals surface area (Å²) in [4.78, 5) is 13.4. The molecule has 0 aromatic rings. The highest BCUT2D eigenvalue weighted by atomic mass is 16.3. The lowest BCUT2D eigenvalue weighted by Crippen LogP contribution is -2.38. The van der Waals surface area contributed by atoms with Gasteiger partial charge in [0.2, 0.25) is 5.91 Å². The van der Waals surface area contributed by atoms with Crippen LogP contribution in [0, 0.1) is 5.41 Å². The molecule has 0 radical (unpaired) electrons. The van der Waals surface area contributed by atoms with Gasteiger partial charge < -0.3 is 15.1 Å². The molecule has 16 heavy (non-hydrogen) atoms. The average Bonchev–Trinajstić information content (AvgIpc) is 2.16. The van der Waals surface area contributed by atoms with Crippen LogP contribution in [0.5, 0.6) is 0 Å². The monoisotopic (exact) mass is 231 g/mol. The van der Waals surface area contributed by atoms with Gasteiger partial charge in [-0.05, 0) is 11.8 Å². The molecule has 0 saturated carbocycles. The third-order valence-corrected chi connectivity index (χ3v) is 2.65. The number of carbonyl (C=O) groups excluding carboxylic acids is 1. The number of carbonyl (C=O) groups is 1. The van der Waals surface area contributed by atoms with E-state index >= 15 is 0 Å². The van der Waals surface area contributed by atoms with Crippen molar-refractivity contribution in [1.29, 1.82) is 0 Å². The van der Waals surface area contributed by atoms with Crippen LogP contribution in [0.3, 0.4) is 0 Å². The summed E-state index contributed by atoms with van der Waals surface area (Å²) in [5.74, 6) is 0.0153. The Morgan fingerprint density at radius 2 is 1.69 bits per heavy atom. The van der Waals surface area contributed by atoms with Gasteiger partial charge in [0, 0.05) is 19.5 Å². The second kappa shape index (κ2) is 7.63. The zero-order valence-corrected chi connectivity index (χ0v) is 10.7. The number of rotatable bonds is 8. The third-order valence-electron chi connectivity index (χ3n) is 2.65. The van der Waals surface area contributed by atoms with E-state index in [0.29, 0.717) is 19.5 Å². The van der Waals surface area contributed by atoms with Crippen LogP contribution >= 0.6 is 0 Å². The van der Waals surface area contributed by atoms with Crippen LogP contribution < -0.4 is 0 Å². The highest BCUT2D eigenvalue weighted by Crippen LogP contribution is 2.27. The first-order valence-electron chi connectivity index (χ1n) is 5.96. The second-order valence-electron chi connectivity index (χ2n) is 4.92. The van der Waals surface area contributed by atoms with Crippen molar-refractivity contribution in [1.82, 2.24) is 4.90 Å². The molecule has 0 saturated heterocycles. The lowest BCUT2D eigenvalue weighted by atomic mass is 9.84. The van der Waals surface area contributed by atoms with E-state index in [-0.39, 0.29) is 24.5 Å². The minimum atomic E-state index is -0.0556. The first-order valence-corrected chi connectivity index (χ1v) is 5.96. The van der Waals surface area contributed by atoms with Crippen molar-refractivity contribution in [3.8, 4) is 0 Å². The molecular weight excluding hydrogens is 206 g/mol. The molecule has 0 aromatic carbocycles. The fourth-order valence-corrected chi connectivity index (χ4v) is 1.89. The summed E-state index contributed by atoms with van der Waals surface area (Å²) in [6.07, 6.45) is 2.53. The Morgan fingerprint density at radius 3 is 2.06 bits per heavy atom. The fraction of sp³-hybridized carbons (Fsp3) is 0.917. The molecule has 2 N–H and O–H groups in total. The SMILES string of the molecule is CCCC(C)(C)CC(=O)N(CCO)CCO. The van der Waals surface area contributed by atoms with Crippen LogP contribution in [0.1, 0.15) is 40.0 Å². The normalized spacial score (nSPS) is 11.6. The van der Waals surface area contributed by atoms with Crippen LogP contribution in [-0.2, 0) is 4.79 Å². The van der Waals surface area contributed by atoms with Gasteiger partial charge in [-0.15, -0.1) is 0 Å². The van der Waals surface area contributed by atoms with Crippen LogP contribution in [0.2, 0.25) is 0 Å². The van der Waals surface area contributed by atoms with Crippen molar-refractivity contribution < 1.29 is 15.0 Å². The lowest BCUT2D eigenvalue weighted by Gasteiger charge is -2.28. The summed E-state index contributed by atoms with van der Waals surface area (Å²) >= 11 is 0. The van der Waals surface area contributed by atoms with E-state index in [1.807, 2.05) is 0 Å². The van der Waals surface area contributed by atoms with E-state index in [4.69, 9.17) is 10.2 Å². The summed E-state index contributed by atoms with van der Waals surface area (Å²) in [5, 5.41) is 17.7. The first kappa shape index (κ1) is 15.4. The zero-order valence-electron chi connectivity index (χ0n) is 10.7. The van der Waals surface area contributed by atoms with E-state index in [0.717, 1.165) is 12.8 Å². The minimum Gasteiger partial charge on any atom is -0.395 e. The molecule has 0 atom stereocenters. The van der Waals surface area contributed by atoms with Crippen molar-refractivity contribution in [3.05, 3.63) is 0 Å². The molecule has 0 heterocycles. The van der Waals surface area contributed by atoms with E-state index < -0.39 is 0 Å². The molecule has 96 valence electrons. The van der Waals surface area contributed by atoms with E-state index in [1.54, 1.807) is 0 Å². The summed E-state index contributed by atoms with van der Waals surface area (Å²) in [5.41, 5.74) is -0.00497. The molecule has 0 fully saturated rings. The molecule has 0 rings (SSSR count). The minimum absolute atomic E-state index is 0.00497. The van der Waals surface area contributed by atoms with E-state index in [1.165, 1.54) is 4.90 Å². The van der Waals surface area contributed by atoms with Crippen molar-refractivity contribution in [2.24, 2.45) is 5.41 Å². The molecule has 0 aliphatic heterocycles. The molecule has 1 amide bonds. The summed E-state index contributed by atoms with van der Waals surface area (Å²) in [7, 11) is 0. The first-order chi connectivity index (χ1) is 7.46. The molecule has 0 aliphatic carbocycles. The van der Waals surface area contributed by atoms with Gasteiger partial charge >= 0.3 is 0 Å². The number of aliphatic hydroxyl groups is 2. The number of hydrogen-bond donors (Lipinski definition) is 2. The summed E-state index contributed by atoms with van der Waals surface area (Å²) in [6.45, 7) is 6.75. The van der Waals surface area contributed by atoms with Gasteiger partial charge in [0.25, 0.3) is 0 Å². The van der Waals surface area contributed by atoms with Gasteiger partial charge in [-0.3, -0.25) is 4.79 Å². The Labute approximate surface area is 98.3 Å². The topological polar surface area (TPSA) is 60.8 Å². The Bertz CT molecular complexity index is 198. The Kier molecular flexibility index (Phi) is 7.34. The number of amides is 1. The van der Waals surface area contributed by atoms with Crippen LogP contribution in [-0.4, -0.2) is 47.3 Å². The summed E-state index contributed by atoms with van der Waals surface area (Å²) in [6, 6.07) is 0. The largest absolute Gasteiger partial charge is 0.395 e. The fourth-order valence-electron chi connectivity index (χ4n) is 1.89. The van der Waals surface area contributed by atoms with E-state index in [2.05, 4.69) is 20.8 Å². The van der Waals surface area contributed by atoms with Gasteiger partial charge in [-0.25, -0.2) is 0 Å². The van der Waals surface area contributed by atoms with Crippen molar-refractivity contribution in [2.45, 2.75) is 40.0 Å². The lowest BCUT2D eigenvalue weighted by molar-refractivity contribution is -0.134. The molecule has 0 aromatic heterocycles. The third kappa shape index (κ3) is 6.08. The molecule has 0 unspecified atom stereocenters. The maximum absolute atomic E-state index is 11.9. The van der Waals surface area contributed by atoms with Crippen molar-refractivity contribution in [2.75, 3.05) is 26.3 Å². The molecule has 0 bridgehead atoms. The van der Waals surface area contributed by atoms with Gasteiger partial charge in [0.1, 0.15) is 0 Å². The molecule has 4 heteroatoms. The summed E-state index contributed by atoms with van der Waals surface area (Å²) < 4.78 is 0. The Morgan fingerprint density at radius 1 is 1.19 bits per heavy atom. The predicted octanol–water partition coefficient (Wildman–Crippen LogP) is 1.02. The van der Waals surface area contributed by atoms with Crippen LogP contribution in [0.15, 0.2) is 0 Å². The second-order valence-corrected chi connectivity index (χ2v) is 4.92. The number of nitrogens with zero attached hydrogens (tertiary/aromatic N) is 1. The van der Waals surface area contributed by atoms with Crippen molar-refractivity contribution in [3.63, 3.8) is 0 Å². The molecule has 4 nitrogen and oxygen atoms in total. The zero-order chi connectivity index (χ0) is 12.6. The highest BCUT2D eigenvalue weighted by Gasteiger charge is 2.24. The van der Waals surface area contributed by atoms with Gasteiger partial charge in [-0.1, -0.05) is 27.2 Å². The highest BCUT2D eigenvalue weighted by molar-refractivity contribution is 5.76. The van der Waals surface area contributed by atoms with Gasteiger partial charge in [0.15, 0.2) is 0 Å². The maximum atomic E-state index is 11.9. The number of hydrogen-bond acceptors (Lipinski definition) is 3. The quantitative estimate of drug-likeness (QED) is 0.655. The van der Waals surface area contributed by atoms with Gasteiger partial charge in [0.05, 0.1) is 13.2 Å². The molecule has 0 spiro atoms. The number of aliphatic hydroxyl groups excluding tert-OH is 2. The van der Waals surface area contributed by atoms with Crippen molar-refractivity contribution >= 4 is 5.91 Å². The standard InChI is InChI=1S/C12H25NO3/c1-4-5-12(2,3)10-11(16)13(6-8-14)7-9-15/h14-15H,4-10H2,1-3H3. The maximum Gasteiger partial charge on any atom is 0.223 e.